The Morgan fingerprint density at radius 2 is 1.91 bits per heavy atom. The molecule has 0 saturated heterocycles. The largest absolute Gasteiger partial charge is 0.460 e. The number of rotatable bonds is 7. The highest BCUT2D eigenvalue weighted by atomic mass is 35.5. The number of hydrogen-bond acceptors (Lipinski definition) is 5. The molecular formula is C16H26Cl2O4S. The van der Waals surface area contributed by atoms with E-state index in [0.29, 0.717) is 17.8 Å². The van der Waals surface area contributed by atoms with E-state index in [1.54, 1.807) is 0 Å². The van der Waals surface area contributed by atoms with E-state index in [-0.39, 0.29) is 11.9 Å². The van der Waals surface area contributed by atoms with Crippen LogP contribution in [0, 0.1) is 17.8 Å². The molecular weight excluding hydrogens is 359 g/mol. The molecule has 0 bridgehead atoms. The van der Waals surface area contributed by atoms with Crippen molar-refractivity contribution in [1.29, 1.82) is 0 Å². The number of esters is 2. The first-order chi connectivity index (χ1) is 10.7. The highest BCUT2D eigenvalue weighted by molar-refractivity contribution is 8.01. The third kappa shape index (κ3) is 7.53. The standard InChI is InChI=1S/C16H26Cl2O4S/c1-9(2)12-6-5-10(3)7-13(12)22-16(20)15(18)23-8-14(17)21-11(4)19/h9-10,12-15H,5-8H2,1-4H3/t10-,12+,13-,14?,15?/m1/s1. The smallest absolute Gasteiger partial charge is 0.334 e. The number of carbonyl (C=O) groups excluding carboxylic acids is 2. The first kappa shape index (κ1) is 20.9. The zero-order valence-corrected chi connectivity index (χ0v) is 16.4. The fourth-order valence-corrected chi connectivity index (χ4v) is 4.09. The van der Waals surface area contributed by atoms with Crippen LogP contribution in [-0.4, -0.2) is 34.1 Å². The lowest BCUT2D eigenvalue weighted by Gasteiger charge is -2.37. The lowest BCUT2D eigenvalue weighted by Crippen LogP contribution is -2.37. The number of thioether (sulfide) groups is 1. The minimum absolute atomic E-state index is 0.0756. The Balaban J connectivity index is 2.47. The minimum atomic E-state index is -0.850. The average molecular weight is 385 g/mol. The first-order valence-corrected chi connectivity index (χ1v) is 9.90. The molecule has 1 fully saturated rings. The highest BCUT2D eigenvalue weighted by Gasteiger charge is 2.34. The van der Waals surface area contributed by atoms with Gasteiger partial charge in [-0.05, 0) is 30.6 Å². The number of halogens is 2. The van der Waals surface area contributed by atoms with Crippen LogP contribution in [0.3, 0.4) is 0 Å². The monoisotopic (exact) mass is 384 g/mol. The van der Waals surface area contributed by atoms with Crippen LogP contribution in [0.15, 0.2) is 0 Å². The molecule has 1 rings (SSSR count). The molecule has 1 aliphatic carbocycles. The Bertz CT molecular complexity index is 406. The fourth-order valence-electron chi connectivity index (χ4n) is 2.90. The highest BCUT2D eigenvalue weighted by Crippen LogP contribution is 2.36. The van der Waals surface area contributed by atoms with Crippen LogP contribution in [-0.2, 0) is 19.1 Å². The summed E-state index contributed by atoms with van der Waals surface area (Å²) in [6.07, 6.45) is 3.06. The second kappa shape index (κ2) is 10.00. The molecule has 23 heavy (non-hydrogen) atoms. The summed E-state index contributed by atoms with van der Waals surface area (Å²) in [6.45, 7) is 7.78. The van der Waals surface area contributed by atoms with Crippen molar-refractivity contribution in [3.05, 3.63) is 0 Å². The van der Waals surface area contributed by atoms with Crippen molar-refractivity contribution in [3.8, 4) is 0 Å². The quantitative estimate of drug-likeness (QED) is 0.480. The molecule has 1 saturated carbocycles. The van der Waals surface area contributed by atoms with Gasteiger partial charge in [-0.2, -0.15) is 0 Å². The predicted octanol–water partition coefficient (Wildman–Crippen LogP) is 4.42. The maximum absolute atomic E-state index is 12.2. The number of ether oxygens (including phenoxy) is 2. The molecule has 5 atom stereocenters. The van der Waals surface area contributed by atoms with E-state index in [2.05, 4.69) is 20.8 Å². The molecule has 0 aromatic carbocycles. The van der Waals surface area contributed by atoms with Crippen molar-refractivity contribution < 1.29 is 19.1 Å². The Labute approximate surface area is 152 Å². The molecule has 0 aromatic heterocycles. The van der Waals surface area contributed by atoms with Gasteiger partial charge in [0.1, 0.15) is 6.10 Å². The van der Waals surface area contributed by atoms with Gasteiger partial charge in [-0.25, -0.2) is 4.79 Å². The zero-order chi connectivity index (χ0) is 17.6. The predicted molar refractivity (Wildman–Crippen MR) is 94.7 cm³/mol. The molecule has 4 nitrogen and oxygen atoms in total. The van der Waals surface area contributed by atoms with Crippen LogP contribution < -0.4 is 0 Å². The Morgan fingerprint density at radius 1 is 1.26 bits per heavy atom. The summed E-state index contributed by atoms with van der Waals surface area (Å²) in [5.74, 6) is 0.742. The van der Waals surface area contributed by atoms with E-state index in [1.807, 2.05) is 0 Å². The minimum Gasteiger partial charge on any atom is -0.460 e. The van der Waals surface area contributed by atoms with Gasteiger partial charge in [0.25, 0.3) is 0 Å². The van der Waals surface area contributed by atoms with Crippen LogP contribution in [0.4, 0.5) is 0 Å². The lowest BCUT2D eigenvalue weighted by atomic mass is 9.75. The van der Waals surface area contributed by atoms with Crippen LogP contribution in [0.1, 0.15) is 47.0 Å². The Hall–Kier alpha value is -0.130. The van der Waals surface area contributed by atoms with Crippen LogP contribution in [0.25, 0.3) is 0 Å². The Kier molecular flexibility index (Phi) is 9.09. The third-order valence-corrected chi connectivity index (χ3v) is 6.04. The molecule has 1 aliphatic rings. The van der Waals surface area contributed by atoms with Crippen molar-refractivity contribution in [2.24, 2.45) is 17.8 Å². The van der Waals surface area contributed by atoms with Crippen molar-refractivity contribution >= 4 is 46.9 Å². The lowest BCUT2D eigenvalue weighted by molar-refractivity contribution is -0.153. The molecule has 0 aliphatic heterocycles. The van der Waals surface area contributed by atoms with Gasteiger partial charge < -0.3 is 9.47 Å². The van der Waals surface area contributed by atoms with Gasteiger partial charge in [-0.1, -0.05) is 50.4 Å². The molecule has 0 heterocycles. The van der Waals surface area contributed by atoms with Crippen molar-refractivity contribution in [2.45, 2.75) is 63.3 Å². The van der Waals surface area contributed by atoms with E-state index < -0.39 is 22.2 Å². The van der Waals surface area contributed by atoms with E-state index >= 15 is 0 Å². The fraction of sp³-hybridized carbons (Fsp3) is 0.875. The summed E-state index contributed by atoms with van der Waals surface area (Å²) < 4.78 is 9.61. The van der Waals surface area contributed by atoms with E-state index in [4.69, 9.17) is 32.7 Å². The third-order valence-electron chi connectivity index (χ3n) is 4.08. The molecule has 0 aromatic rings. The molecule has 0 radical (unpaired) electrons. The van der Waals surface area contributed by atoms with Gasteiger partial charge in [-0.15, -0.1) is 11.8 Å². The normalized spacial score (nSPS) is 27.3. The number of hydrogen-bond donors (Lipinski definition) is 0. The van der Waals surface area contributed by atoms with Crippen LogP contribution in [0.2, 0.25) is 0 Å². The summed E-state index contributed by atoms with van der Waals surface area (Å²) >= 11 is 13.0. The number of carbonyl (C=O) groups is 2. The summed E-state index contributed by atoms with van der Waals surface area (Å²) in [4.78, 5) is 23.0. The van der Waals surface area contributed by atoms with Crippen LogP contribution in [0.5, 0.6) is 0 Å². The second-order valence-corrected chi connectivity index (χ2v) is 8.79. The van der Waals surface area contributed by atoms with E-state index in [1.165, 1.54) is 13.3 Å². The van der Waals surface area contributed by atoms with E-state index in [9.17, 15) is 9.59 Å². The topological polar surface area (TPSA) is 52.6 Å². The van der Waals surface area contributed by atoms with Crippen molar-refractivity contribution in [3.63, 3.8) is 0 Å². The summed E-state index contributed by atoms with van der Waals surface area (Å²) in [6, 6.07) is 0. The second-order valence-electron chi connectivity index (χ2n) is 6.47. The van der Waals surface area contributed by atoms with Gasteiger partial charge in [0.15, 0.2) is 10.3 Å². The molecule has 0 amide bonds. The summed E-state index contributed by atoms with van der Waals surface area (Å²) in [7, 11) is 0. The summed E-state index contributed by atoms with van der Waals surface area (Å²) in [5, 5.41) is 0. The molecule has 2 unspecified atom stereocenters. The molecule has 0 spiro atoms. The van der Waals surface area contributed by atoms with Crippen molar-refractivity contribution in [2.75, 3.05) is 5.75 Å². The average Bonchev–Trinajstić information content (AvgIpc) is 2.43. The van der Waals surface area contributed by atoms with Gasteiger partial charge >= 0.3 is 11.9 Å². The SMILES string of the molecule is CC(=O)OC(Cl)CSC(Cl)C(=O)O[C@@H]1C[C@H](C)CC[C@H]1C(C)C. The summed E-state index contributed by atoms with van der Waals surface area (Å²) in [5.41, 5.74) is -0.801. The van der Waals surface area contributed by atoms with Crippen LogP contribution >= 0.6 is 35.0 Å². The molecule has 7 heteroatoms. The maximum Gasteiger partial charge on any atom is 0.334 e. The maximum atomic E-state index is 12.2. The molecule has 134 valence electrons. The first-order valence-electron chi connectivity index (χ1n) is 7.98. The zero-order valence-electron chi connectivity index (χ0n) is 14.1. The Morgan fingerprint density at radius 3 is 2.48 bits per heavy atom. The van der Waals surface area contributed by atoms with Gasteiger partial charge in [0.05, 0.1) is 0 Å². The number of alkyl halides is 2. The van der Waals surface area contributed by atoms with Gasteiger partial charge in [-0.3, -0.25) is 4.79 Å². The van der Waals surface area contributed by atoms with Gasteiger partial charge in [0, 0.05) is 12.7 Å². The van der Waals surface area contributed by atoms with Crippen molar-refractivity contribution in [1.82, 2.24) is 0 Å². The molecule has 0 N–H and O–H groups in total. The van der Waals surface area contributed by atoms with Gasteiger partial charge in [0.2, 0.25) is 0 Å². The van der Waals surface area contributed by atoms with E-state index in [0.717, 1.165) is 24.6 Å².